The molecule has 0 aliphatic rings. The Morgan fingerprint density at radius 1 is 0.282 bits per heavy atom. The van der Waals surface area contributed by atoms with Gasteiger partial charge in [0.1, 0.15) is 12.7 Å². The van der Waals surface area contributed by atoms with Crippen molar-refractivity contribution in [2.24, 2.45) is 0 Å². The molecule has 5 aromatic carbocycles. The van der Waals surface area contributed by atoms with Crippen LogP contribution in [0.1, 0.15) is 154 Å². The summed E-state index contributed by atoms with van der Waals surface area (Å²) >= 11 is 0. The van der Waals surface area contributed by atoms with Gasteiger partial charge in [-0.15, -0.1) is 0 Å². The van der Waals surface area contributed by atoms with Crippen LogP contribution in [0.4, 0.5) is 105 Å². The average Bonchev–Trinajstić information content (AvgIpc) is 0.937. The Hall–Kier alpha value is -6.11. The van der Waals surface area contributed by atoms with Crippen molar-refractivity contribution >= 4 is 38.8 Å². The second-order valence-electron chi connectivity index (χ2n) is 20.8. The van der Waals surface area contributed by atoms with Gasteiger partial charge in [0.05, 0.1) is 44.5 Å². The zero-order chi connectivity index (χ0) is 63.6. The fourth-order valence-electron chi connectivity index (χ4n) is 10.2. The number of fused-ring (bicyclic) bond motifs is 1. The molecule has 0 atom stereocenters. The highest BCUT2D eigenvalue weighted by Gasteiger charge is 2.47. The van der Waals surface area contributed by atoms with Gasteiger partial charge in [0, 0.05) is 17.9 Å². The molecule has 1 aromatic heterocycles. The quantitative estimate of drug-likeness (QED) is 0.0293. The Morgan fingerprint density at radius 3 is 0.741 bits per heavy atom. The summed E-state index contributed by atoms with van der Waals surface area (Å²) in [6, 6.07) is 2.06. The Kier molecular flexibility index (Phi) is 22.7. The molecule has 0 unspecified atom stereocenters. The van der Waals surface area contributed by atoms with E-state index in [1.54, 1.807) is 0 Å². The third-order valence-corrected chi connectivity index (χ3v) is 14.5. The maximum Gasteiger partial charge on any atom is 0.416 e. The van der Waals surface area contributed by atoms with Gasteiger partial charge in [-0.3, -0.25) is 0 Å². The third-order valence-electron chi connectivity index (χ3n) is 14.5. The van der Waals surface area contributed by atoms with Gasteiger partial charge in [0.25, 0.3) is 0 Å². The highest BCUT2D eigenvalue weighted by atomic mass is 19.4. The molecule has 0 radical (unpaired) electrons. The minimum atomic E-state index is -6.13. The molecule has 0 bridgehead atoms. The summed E-state index contributed by atoms with van der Waals surface area (Å²) in [5.74, 6) is 0. The van der Waals surface area contributed by atoms with Crippen LogP contribution in [0.25, 0.3) is 10.8 Å². The number of unbranched alkanes of at least 4 members (excludes halogenated alkanes) is 15. The van der Waals surface area contributed by atoms with Gasteiger partial charge in [-0.05, 0) is 42.1 Å². The third kappa shape index (κ3) is 19.4. The first-order valence-electron chi connectivity index (χ1n) is 26.9. The highest BCUT2D eigenvalue weighted by Crippen LogP contribution is 2.41. The fraction of sp³-hybridized carbons (Fsp3) is 0.441. The minimum absolute atomic E-state index is 0.691. The number of halogens is 24. The van der Waals surface area contributed by atoms with E-state index in [0.29, 0.717) is 0 Å². The SMILES string of the molecule is CCCCCCCCCCCCCCCCCC[n+]1ccc2ccccc2c1.FC(F)(F)c1cc([B-](c2cc(C(F)(F)F)cc(C(F)(F)F)c2)(c2cc(C(F)(F)F)cc(C(F)(F)F)c2)c2cc(C(F)(F)F)cc(C(F)(F)F)c2)cc(C(F)(F)F)c1. The summed E-state index contributed by atoms with van der Waals surface area (Å²) < 4.78 is 343. The Bertz CT molecular complexity index is 2680. The summed E-state index contributed by atoms with van der Waals surface area (Å²) in [6.07, 6.45) is -27.3. The lowest BCUT2D eigenvalue weighted by Gasteiger charge is -2.46. The zero-order valence-electron chi connectivity index (χ0n) is 45.1. The van der Waals surface area contributed by atoms with Crippen molar-refractivity contribution in [1.82, 2.24) is 0 Å². The number of hydrogen-bond acceptors (Lipinski definition) is 0. The number of hydrogen-bond donors (Lipinski definition) is 0. The van der Waals surface area contributed by atoms with Gasteiger partial charge in [0.2, 0.25) is 0 Å². The largest absolute Gasteiger partial charge is 0.416 e. The predicted molar refractivity (Wildman–Crippen MR) is 274 cm³/mol. The van der Waals surface area contributed by atoms with Crippen LogP contribution >= 0.6 is 0 Å². The molecule has 0 N–H and O–H groups in total. The van der Waals surface area contributed by atoms with Crippen molar-refractivity contribution in [2.45, 2.75) is 166 Å². The van der Waals surface area contributed by atoms with Crippen molar-refractivity contribution in [3.63, 3.8) is 0 Å². The molecule has 0 amide bonds. The normalized spacial score (nSPS) is 13.3. The lowest BCUT2D eigenvalue weighted by atomic mass is 9.12. The second kappa shape index (κ2) is 27.7. The maximum absolute atomic E-state index is 14.2. The number of rotatable bonds is 21. The van der Waals surface area contributed by atoms with Gasteiger partial charge >= 0.3 is 49.4 Å². The molecule has 0 spiro atoms. The van der Waals surface area contributed by atoms with Crippen molar-refractivity contribution in [3.8, 4) is 0 Å². The van der Waals surface area contributed by atoms with Crippen LogP contribution < -0.4 is 26.4 Å². The summed E-state index contributed by atoms with van der Waals surface area (Å²) in [5.41, 5.74) is -30.2. The molecule has 85 heavy (non-hydrogen) atoms. The van der Waals surface area contributed by atoms with Gasteiger partial charge in [0.15, 0.2) is 12.4 Å². The standard InChI is InChI=1S/C32H12BF24.C27H44N/c34-25(35,36)13-1-14(26(37,38)39)6-21(5-13)33(22-7-15(27(40,41)42)2-16(8-22)28(43,44)45,23-9-17(29(46,47)48)3-18(10-23)30(49,50)51)24-11-19(31(52,53)54)4-20(12-24)32(55,56)57;1-2-3-4-5-6-7-8-9-10-11-12-13-14-15-16-19-23-28-24-22-26-20-17-18-21-27(26)25-28/h1-12H;17-18,20-22,24-25H,2-16,19,23H2,1H3/q-1;+1. The summed E-state index contributed by atoms with van der Waals surface area (Å²) in [6.45, 7) is 3.45. The minimum Gasteiger partial charge on any atom is -0.205 e. The molecular weight excluding hydrogens is 1190 g/mol. The van der Waals surface area contributed by atoms with Crippen LogP contribution in [0.2, 0.25) is 0 Å². The van der Waals surface area contributed by atoms with Crippen LogP contribution in [0, 0.1) is 0 Å². The predicted octanol–water partition coefficient (Wildman–Crippen LogP) is 19.6. The fourth-order valence-corrected chi connectivity index (χ4v) is 10.2. The molecule has 6 rings (SSSR count). The smallest absolute Gasteiger partial charge is 0.205 e. The van der Waals surface area contributed by atoms with Gasteiger partial charge in [-0.2, -0.15) is 127 Å². The molecule has 468 valence electrons. The van der Waals surface area contributed by atoms with Crippen molar-refractivity contribution < 1.29 is 110 Å². The molecule has 0 aliphatic carbocycles. The Labute approximate surface area is 473 Å². The molecule has 1 nitrogen and oxygen atoms in total. The number of aryl methyl sites for hydroxylation is 1. The van der Waals surface area contributed by atoms with E-state index in [2.05, 4.69) is 54.2 Å². The van der Waals surface area contributed by atoms with E-state index in [-0.39, 0.29) is 0 Å². The van der Waals surface area contributed by atoms with E-state index in [4.69, 9.17) is 0 Å². The lowest BCUT2D eigenvalue weighted by Crippen LogP contribution is -2.75. The van der Waals surface area contributed by atoms with E-state index < -0.39 is 195 Å². The maximum atomic E-state index is 14.2. The Morgan fingerprint density at radius 2 is 0.506 bits per heavy atom. The Balaban J connectivity index is 0.000000393. The van der Waals surface area contributed by atoms with Crippen LogP contribution in [0.15, 0.2) is 116 Å². The summed E-state index contributed by atoms with van der Waals surface area (Å²) in [5, 5.41) is 2.69. The highest BCUT2D eigenvalue weighted by molar-refractivity contribution is 7.20. The van der Waals surface area contributed by atoms with Gasteiger partial charge in [-0.25, -0.2) is 4.57 Å². The van der Waals surface area contributed by atoms with Gasteiger partial charge in [-0.1, -0.05) is 164 Å². The second-order valence-corrected chi connectivity index (χ2v) is 20.8. The lowest BCUT2D eigenvalue weighted by molar-refractivity contribution is -0.696. The topological polar surface area (TPSA) is 3.88 Å². The summed E-state index contributed by atoms with van der Waals surface area (Å²) in [7, 11) is 0. The average molecular weight is 1250 g/mol. The molecule has 6 aromatic rings. The number of benzene rings is 5. The molecular formula is C59H56BF24N. The molecule has 0 fully saturated rings. The van der Waals surface area contributed by atoms with Crippen molar-refractivity contribution in [2.75, 3.05) is 0 Å². The number of pyridine rings is 1. The van der Waals surface area contributed by atoms with Crippen molar-refractivity contribution in [3.05, 3.63) is 160 Å². The van der Waals surface area contributed by atoms with E-state index in [1.165, 1.54) is 114 Å². The zero-order valence-corrected chi connectivity index (χ0v) is 45.1. The monoisotopic (exact) mass is 1250 g/mol. The van der Waals surface area contributed by atoms with E-state index in [0.717, 1.165) is 6.54 Å². The van der Waals surface area contributed by atoms with Gasteiger partial charge < -0.3 is 0 Å². The van der Waals surface area contributed by atoms with Crippen LogP contribution in [-0.4, -0.2) is 6.15 Å². The summed E-state index contributed by atoms with van der Waals surface area (Å²) in [4.78, 5) is 0. The molecule has 1 heterocycles. The van der Waals surface area contributed by atoms with Crippen LogP contribution in [-0.2, 0) is 56.0 Å². The van der Waals surface area contributed by atoms with Crippen LogP contribution in [0.3, 0.4) is 0 Å². The number of nitrogens with zero attached hydrogens (tertiary/aromatic N) is 1. The van der Waals surface area contributed by atoms with Crippen molar-refractivity contribution in [1.29, 1.82) is 0 Å². The van der Waals surface area contributed by atoms with Crippen LogP contribution in [0.5, 0.6) is 0 Å². The first-order chi connectivity index (χ1) is 39.2. The molecule has 0 saturated heterocycles. The molecule has 26 heteroatoms. The van der Waals surface area contributed by atoms with E-state index in [9.17, 15) is 105 Å². The first kappa shape index (κ1) is 69.7. The molecule has 0 saturated carbocycles. The number of alkyl halides is 24. The van der Waals surface area contributed by atoms with E-state index >= 15 is 0 Å². The first-order valence-corrected chi connectivity index (χ1v) is 26.9. The van der Waals surface area contributed by atoms with E-state index in [1.807, 2.05) is 0 Å². The molecule has 0 aliphatic heterocycles. The number of aromatic nitrogens is 1.